The quantitative estimate of drug-likeness (QED) is 0.826. The highest BCUT2D eigenvalue weighted by Gasteiger charge is 2.16. The molecule has 0 saturated heterocycles. The van der Waals surface area contributed by atoms with E-state index in [4.69, 9.17) is 5.73 Å². The maximum absolute atomic E-state index is 10.2. The standard InChI is InChI=1S/C11H12BrN3O/c1-15-10(4-5-14-15)11(16)8-6-7(12)2-3-9(8)13/h2-6,11,16H,13H2,1H3. The number of halogens is 1. The number of hydrogen-bond acceptors (Lipinski definition) is 3. The van der Waals surface area contributed by atoms with Crippen LogP contribution < -0.4 is 5.73 Å². The van der Waals surface area contributed by atoms with Crippen molar-refractivity contribution in [3.8, 4) is 0 Å². The van der Waals surface area contributed by atoms with E-state index in [9.17, 15) is 5.11 Å². The maximum atomic E-state index is 10.2. The summed E-state index contributed by atoms with van der Waals surface area (Å²) in [6.07, 6.45) is 0.886. The number of benzene rings is 1. The van der Waals surface area contributed by atoms with Crippen molar-refractivity contribution < 1.29 is 5.11 Å². The number of aliphatic hydroxyl groups is 1. The van der Waals surface area contributed by atoms with E-state index in [1.54, 1.807) is 30.1 Å². The molecule has 0 amide bonds. The first-order chi connectivity index (χ1) is 7.59. The van der Waals surface area contributed by atoms with E-state index in [1.807, 2.05) is 12.1 Å². The Balaban J connectivity index is 2.45. The lowest BCUT2D eigenvalue weighted by atomic mass is 10.0. The minimum Gasteiger partial charge on any atom is -0.398 e. The summed E-state index contributed by atoms with van der Waals surface area (Å²) >= 11 is 3.36. The number of aryl methyl sites for hydroxylation is 1. The Morgan fingerprint density at radius 2 is 2.19 bits per heavy atom. The number of aromatic nitrogens is 2. The van der Waals surface area contributed by atoms with Crippen LogP contribution in [0.1, 0.15) is 17.4 Å². The summed E-state index contributed by atoms with van der Waals surface area (Å²) in [5.41, 5.74) is 7.79. The molecule has 1 unspecified atom stereocenters. The summed E-state index contributed by atoms with van der Waals surface area (Å²) in [4.78, 5) is 0. The predicted octanol–water partition coefficient (Wildman–Crippen LogP) is 1.85. The molecule has 3 N–H and O–H groups in total. The topological polar surface area (TPSA) is 64.1 Å². The molecule has 0 aliphatic rings. The monoisotopic (exact) mass is 281 g/mol. The van der Waals surface area contributed by atoms with Crippen LogP contribution >= 0.6 is 15.9 Å². The van der Waals surface area contributed by atoms with Gasteiger partial charge in [0.2, 0.25) is 0 Å². The highest BCUT2D eigenvalue weighted by molar-refractivity contribution is 9.10. The Labute approximate surface area is 102 Å². The zero-order valence-corrected chi connectivity index (χ0v) is 10.3. The fraction of sp³-hybridized carbons (Fsp3) is 0.182. The average molecular weight is 282 g/mol. The van der Waals surface area contributed by atoms with E-state index in [1.165, 1.54) is 0 Å². The third-order valence-electron chi connectivity index (χ3n) is 2.48. The lowest BCUT2D eigenvalue weighted by molar-refractivity contribution is 0.210. The Bertz CT molecular complexity index is 510. The molecule has 0 radical (unpaired) electrons. The van der Waals surface area contributed by atoms with Gasteiger partial charge in [-0.15, -0.1) is 0 Å². The molecule has 1 aromatic carbocycles. The molecule has 1 aromatic heterocycles. The lowest BCUT2D eigenvalue weighted by Crippen LogP contribution is -2.08. The number of nitrogen functional groups attached to an aromatic ring is 1. The van der Waals surface area contributed by atoms with Crippen LogP contribution in [0.4, 0.5) is 5.69 Å². The number of nitrogens with zero attached hydrogens (tertiary/aromatic N) is 2. The summed E-state index contributed by atoms with van der Waals surface area (Å²) in [5, 5.41) is 14.2. The van der Waals surface area contributed by atoms with Crippen LogP contribution in [0, 0.1) is 0 Å². The zero-order valence-electron chi connectivity index (χ0n) is 8.76. The van der Waals surface area contributed by atoms with Gasteiger partial charge in [-0.2, -0.15) is 5.10 Å². The highest BCUT2D eigenvalue weighted by atomic mass is 79.9. The Hall–Kier alpha value is -1.33. The van der Waals surface area contributed by atoms with Gasteiger partial charge in [0.1, 0.15) is 6.10 Å². The van der Waals surface area contributed by atoms with E-state index in [2.05, 4.69) is 21.0 Å². The predicted molar refractivity (Wildman–Crippen MR) is 65.8 cm³/mol. The van der Waals surface area contributed by atoms with E-state index in [0.717, 1.165) is 4.47 Å². The number of nitrogens with two attached hydrogens (primary N) is 1. The molecule has 0 fully saturated rings. The Morgan fingerprint density at radius 1 is 1.44 bits per heavy atom. The fourth-order valence-electron chi connectivity index (χ4n) is 1.59. The summed E-state index contributed by atoms with van der Waals surface area (Å²) in [5.74, 6) is 0. The third-order valence-corrected chi connectivity index (χ3v) is 2.98. The van der Waals surface area contributed by atoms with Crippen LogP contribution in [0.25, 0.3) is 0 Å². The van der Waals surface area contributed by atoms with Crippen LogP contribution in [0.3, 0.4) is 0 Å². The van der Waals surface area contributed by atoms with Crippen LogP contribution in [0.2, 0.25) is 0 Å². The molecule has 1 heterocycles. The second-order valence-electron chi connectivity index (χ2n) is 3.56. The van der Waals surface area contributed by atoms with E-state index in [0.29, 0.717) is 16.9 Å². The minimum absolute atomic E-state index is 0.567. The zero-order chi connectivity index (χ0) is 11.7. The normalized spacial score (nSPS) is 12.7. The van der Waals surface area contributed by atoms with E-state index in [-0.39, 0.29) is 0 Å². The summed E-state index contributed by atoms with van der Waals surface area (Å²) in [6, 6.07) is 7.19. The first-order valence-corrected chi connectivity index (χ1v) is 5.60. The maximum Gasteiger partial charge on any atom is 0.123 e. The van der Waals surface area contributed by atoms with Gasteiger partial charge >= 0.3 is 0 Å². The van der Waals surface area contributed by atoms with Gasteiger partial charge in [0.05, 0.1) is 5.69 Å². The van der Waals surface area contributed by atoms with Gasteiger partial charge in [-0.05, 0) is 24.3 Å². The van der Waals surface area contributed by atoms with Crippen LogP contribution in [-0.2, 0) is 7.05 Å². The summed E-state index contributed by atoms with van der Waals surface area (Å²) in [7, 11) is 1.78. The van der Waals surface area contributed by atoms with Crippen molar-refractivity contribution in [2.75, 3.05) is 5.73 Å². The Kier molecular flexibility index (Phi) is 2.98. The van der Waals surface area contributed by atoms with Crippen molar-refractivity contribution in [1.82, 2.24) is 9.78 Å². The summed E-state index contributed by atoms with van der Waals surface area (Å²) < 4.78 is 2.52. The first-order valence-electron chi connectivity index (χ1n) is 4.80. The molecule has 16 heavy (non-hydrogen) atoms. The minimum atomic E-state index is -0.759. The van der Waals surface area contributed by atoms with Gasteiger partial charge < -0.3 is 10.8 Å². The molecule has 0 bridgehead atoms. The van der Waals surface area contributed by atoms with Gasteiger partial charge in [0.25, 0.3) is 0 Å². The van der Waals surface area contributed by atoms with Gasteiger partial charge in [-0.25, -0.2) is 0 Å². The Morgan fingerprint density at radius 3 is 2.81 bits per heavy atom. The molecule has 2 aromatic rings. The summed E-state index contributed by atoms with van der Waals surface area (Å²) in [6.45, 7) is 0. The SMILES string of the molecule is Cn1nccc1C(O)c1cc(Br)ccc1N. The van der Waals surface area contributed by atoms with Crippen LogP contribution in [0.15, 0.2) is 34.9 Å². The van der Waals surface area contributed by atoms with Crippen molar-refractivity contribution in [3.05, 3.63) is 46.2 Å². The van der Waals surface area contributed by atoms with Crippen LogP contribution in [0.5, 0.6) is 0 Å². The van der Waals surface area contributed by atoms with E-state index < -0.39 is 6.10 Å². The number of aliphatic hydroxyl groups excluding tert-OH is 1. The molecule has 0 spiro atoms. The van der Waals surface area contributed by atoms with Gasteiger partial charge in [0, 0.05) is 29.0 Å². The largest absolute Gasteiger partial charge is 0.398 e. The van der Waals surface area contributed by atoms with Crippen molar-refractivity contribution in [3.63, 3.8) is 0 Å². The van der Waals surface area contributed by atoms with Crippen molar-refractivity contribution in [2.45, 2.75) is 6.10 Å². The molecule has 5 heteroatoms. The van der Waals surface area contributed by atoms with Crippen molar-refractivity contribution >= 4 is 21.6 Å². The lowest BCUT2D eigenvalue weighted by Gasteiger charge is -2.14. The molecule has 84 valence electrons. The number of rotatable bonds is 2. The van der Waals surface area contributed by atoms with Crippen LogP contribution in [-0.4, -0.2) is 14.9 Å². The highest BCUT2D eigenvalue weighted by Crippen LogP contribution is 2.28. The first kappa shape index (κ1) is 11.2. The average Bonchev–Trinajstić information content (AvgIpc) is 2.67. The molecule has 0 aliphatic carbocycles. The van der Waals surface area contributed by atoms with Crippen molar-refractivity contribution in [2.24, 2.45) is 7.05 Å². The molecular formula is C11H12BrN3O. The number of anilines is 1. The molecule has 1 atom stereocenters. The second kappa shape index (κ2) is 4.27. The van der Waals surface area contributed by atoms with Gasteiger partial charge in [0.15, 0.2) is 0 Å². The smallest absolute Gasteiger partial charge is 0.123 e. The fourth-order valence-corrected chi connectivity index (χ4v) is 1.97. The number of hydrogen-bond donors (Lipinski definition) is 2. The third kappa shape index (κ3) is 1.96. The molecule has 0 saturated carbocycles. The molecular weight excluding hydrogens is 270 g/mol. The van der Waals surface area contributed by atoms with E-state index >= 15 is 0 Å². The van der Waals surface area contributed by atoms with Crippen molar-refractivity contribution in [1.29, 1.82) is 0 Å². The molecule has 0 aliphatic heterocycles. The molecule has 2 rings (SSSR count). The van der Waals surface area contributed by atoms with Gasteiger partial charge in [-0.3, -0.25) is 4.68 Å². The molecule has 4 nitrogen and oxygen atoms in total. The second-order valence-corrected chi connectivity index (χ2v) is 4.47. The van der Waals surface area contributed by atoms with Gasteiger partial charge in [-0.1, -0.05) is 15.9 Å².